The Labute approximate surface area is 108 Å². The molecule has 0 radical (unpaired) electrons. The lowest BCUT2D eigenvalue weighted by Crippen LogP contribution is -2.02. The van der Waals surface area contributed by atoms with Crippen LogP contribution in [0.5, 0.6) is 0 Å². The molecule has 2 N–H and O–H groups in total. The fourth-order valence-electron chi connectivity index (χ4n) is 1.44. The van der Waals surface area contributed by atoms with Gasteiger partial charge < -0.3 is 5.73 Å². The summed E-state index contributed by atoms with van der Waals surface area (Å²) in [6, 6.07) is 14.6. The van der Waals surface area contributed by atoms with Gasteiger partial charge in [0.15, 0.2) is 5.78 Å². The van der Waals surface area contributed by atoms with E-state index in [1.807, 2.05) is 24.3 Å². The summed E-state index contributed by atoms with van der Waals surface area (Å²) < 4.78 is 0.960. The van der Waals surface area contributed by atoms with Gasteiger partial charge in [-0.2, -0.15) is 0 Å². The van der Waals surface area contributed by atoms with Gasteiger partial charge in [-0.25, -0.2) is 0 Å². The van der Waals surface area contributed by atoms with Crippen LogP contribution in [-0.2, 0) is 0 Å². The molecule has 2 nitrogen and oxygen atoms in total. The van der Waals surface area contributed by atoms with Gasteiger partial charge in [0.05, 0.1) is 0 Å². The van der Waals surface area contributed by atoms with Gasteiger partial charge >= 0.3 is 0 Å². The predicted octanol–water partition coefficient (Wildman–Crippen LogP) is 3.10. The first-order valence-corrected chi connectivity index (χ1v) is 5.91. The van der Waals surface area contributed by atoms with E-state index in [-0.39, 0.29) is 5.78 Å². The second-order valence-corrected chi connectivity index (χ2v) is 4.59. The molecule has 80 valence electrons. The summed E-state index contributed by atoms with van der Waals surface area (Å²) in [6.07, 6.45) is 0. The summed E-state index contributed by atoms with van der Waals surface area (Å²) in [6.45, 7) is 0. The Balaban J connectivity index is 2.39. The van der Waals surface area contributed by atoms with Gasteiger partial charge in [0.1, 0.15) is 0 Å². The Hall–Kier alpha value is -1.36. The van der Waals surface area contributed by atoms with Crippen LogP contribution in [0.25, 0.3) is 0 Å². The Morgan fingerprint density at radius 3 is 2.31 bits per heavy atom. The minimum atomic E-state index is 0.00343. The third-order valence-corrected chi connectivity index (χ3v) is 3.28. The summed E-state index contributed by atoms with van der Waals surface area (Å²) in [7, 11) is 0. The number of halogens is 1. The Morgan fingerprint density at radius 2 is 1.69 bits per heavy atom. The molecule has 0 saturated carbocycles. The largest absolute Gasteiger partial charge is 0.398 e. The maximum atomic E-state index is 12.1. The average Bonchev–Trinajstić information content (AvgIpc) is 2.33. The normalized spacial score (nSPS) is 10.1. The van der Waals surface area contributed by atoms with E-state index >= 15 is 0 Å². The summed E-state index contributed by atoms with van der Waals surface area (Å²) in [5.41, 5.74) is 7.73. The SMILES string of the molecule is Nc1cc(C(=O)c2ccccc2)ccc1I. The maximum absolute atomic E-state index is 12.1. The third kappa shape index (κ3) is 2.24. The van der Waals surface area contributed by atoms with Gasteiger partial charge in [0.2, 0.25) is 0 Å². The van der Waals surface area contributed by atoms with Crippen molar-refractivity contribution in [3.63, 3.8) is 0 Å². The van der Waals surface area contributed by atoms with Crippen molar-refractivity contribution in [2.75, 3.05) is 5.73 Å². The van der Waals surface area contributed by atoms with Crippen molar-refractivity contribution in [1.29, 1.82) is 0 Å². The van der Waals surface area contributed by atoms with Gasteiger partial charge in [0, 0.05) is 20.4 Å². The molecule has 0 aliphatic heterocycles. The molecule has 0 saturated heterocycles. The van der Waals surface area contributed by atoms with Crippen LogP contribution in [0.4, 0.5) is 5.69 Å². The first-order chi connectivity index (χ1) is 7.68. The highest BCUT2D eigenvalue weighted by atomic mass is 127. The number of carbonyl (C=O) groups is 1. The monoisotopic (exact) mass is 323 g/mol. The van der Waals surface area contributed by atoms with Gasteiger partial charge in [-0.15, -0.1) is 0 Å². The van der Waals surface area contributed by atoms with Crippen LogP contribution < -0.4 is 5.73 Å². The first kappa shape index (κ1) is 11.1. The number of anilines is 1. The molecule has 0 bridgehead atoms. The van der Waals surface area contributed by atoms with Crippen molar-refractivity contribution in [1.82, 2.24) is 0 Å². The molecule has 0 aromatic heterocycles. The van der Waals surface area contributed by atoms with E-state index in [0.29, 0.717) is 16.8 Å². The molecule has 16 heavy (non-hydrogen) atoms. The van der Waals surface area contributed by atoms with E-state index in [1.165, 1.54) is 0 Å². The van der Waals surface area contributed by atoms with Crippen LogP contribution >= 0.6 is 22.6 Å². The molecule has 3 heteroatoms. The zero-order valence-electron chi connectivity index (χ0n) is 8.48. The summed E-state index contributed by atoms with van der Waals surface area (Å²) in [5, 5.41) is 0. The fraction of sp³-hybridized carbons (Fsp3) is 0. The van der Waals surface area contributed by atoms with Crippen LogP contribution in [0.1, 0.15) is 15.9 Å². The lowest BCUT2D eigenvalue weighted by molar-refractivity contribution is 0.103. The summed E-state index contributed by atoms with van der Waals surface area (Å²) in [5.74, 6) is 0.00343. The molecule has 2 rings (SSSR count). The van der Waals surface area contributed by atoms with Gasteiger partial charge in [-0.1, -0.05) is 30.3 Å². The molecule has 2 aromatic carbocycles. The lowest BCUT2D eigenvalue weighted by atomic mass is 10.0. The number of rotatable bonds is 2. The van der Waals surface area contributed by atoms with Crippen LogP contribution in [0.2, 0.25) is 0 Å². The van der Waals surface area contributed by atoms with E-state index < -0.39 is 0 Å². The molecule has 0 aliphatic rings. The molecule has 0 heterocycles. The van der Waals surface area contributed by atoms with Gasteiger partial charge in [-0.05, 0) is 40.8 Å². The molecular weight excluding hydrogens is 313 g/mol. The minimum Gasteiger partial charge on any atom is -0.398 e. The predicted molar refractivity (Wildman–Crippen MR) is 73.4 cm³/mol. The van der Waals surface area contributed by atoms with Gasteiger partial charge in [-0.3, -0.25) is 4.79 Å². The zero-order chi connectivity index (χ0) is 11.5. The lowest BCUT2D eigenvalue weighted by Gasteiger charge is -2.03. The number of hydrogen-bond acceptors (Lipinski definition) is 2. The Bertz CT molecular complexity index is 523. The molecule has 0 fully saturated rings. The minimum absolute atomic E-state index is 0.00343. The van der Waals surface area contributed by atoms with Crippen LogP contribution in [0.15, 0.2) is 48.5 Å². The number of benzene rings is 2. The Kier molecular flexibility index (Phi) is 3.24. The summed E-state index contributed by atoms with van der Waals surface area (Å²) in [4.78, 5) is 12.1. The highest BCUT2D eigenvalue weighted by Gasteiger charge is 2.09. The molecule has 0 amide bonds. The maximum Gasteiger partial charge on any atom is 0.193 e. The second kappa shape index (κ2) is 4.65. The first-order valence-electron chi connectivity index (χ1n) is 4.83. The second-order valence-electron chi connectivity index (χ2n) is 3.43. The number of nitrogens with two attached hydrogens (primary N) is 1. The highest BCUT2D eigenvalue weighted by molar-refractivity contribution is 14.1. The van der Waals surface area contributed by atoms with Crippen molar-refractivity contribution in [2.24, 2.45) is 0 Å². The van der Waals surface area contributed by atoms with Crippen LogP contribution in [0, 0.1) is 3.57 Å². The van der Waals surface area contributed by atoms with E-state index in [4.69, 9.17) is 5.73 Å². The van der Waals surface area contributed by atoms with E-state index in [0.717, 1.165) is 3.57 Å². The summed E-state index contributed by atoms with van der Waals surface area (Å²) >= 11 is 2.14. The van der Waals surface area contributed by atoms with Crippen molar-refractivity contribution >= 4 is 34.1 Å². The Morgan fingerprint density at radius 1 is 1.00 bits per heavy atom. The highest BCUT2D eigenvalue weighted by Crippen LogP contribution is 2.18. The zero-order valence-corrected chi connectivity index (χ0v) is 10.6. The van der Waals surface area contributed by atoms with Crippen LogP contribution in [-0.4, -0.2) is 5.78 Å². The standard InChI is InChI=1S/C13H10INO/c14-11-7-6-10(8-12(11)15)13(16)9-4-2-1-3-5-9/h1-8H,15H2. The quantitative estimate of drug-likeness (QED) is 0.524. The fourth-order valence-corrected chi connectivity index (χ4v) is 1.78. The van der Waals surface area contributed by atoms with Crippen LogP contribution in [0.3, 0.4) is 0 Å². The molecule has 0 aliphatic carbocycles. The molecule has 2 aromatic rings. The molecule has 0 spiro atoms. The topological polar surface area (TPSA) is 43.1 Å². The number of carbonyl (C=O) groups excluding carboxylic acids is 1. The smallest absolute Gasteiger partial charge is 0.193 e. The number of ketones is 1. The third-order valence-electron chi connectivity index (χ3n) is 2.29. The number of nitrogen functional groups attached to an aromatic ring is 1. The average molecular weight is 323 g/mol. The van der Waals surface area contributed by atoms with Crippen molar-refractivity contribution in [3.8, 4) is 0 Å². The van der Waals surface area contributed by atoms with E-state index in [9.17, 15) is 4.79 Å². The molecular formula is C13H10INO. The van der Waals surface area contributed by atoms with Crippen molar-refractivity contribution in [3.05, 3.63) is 63.2 Å². The van der Waals surface area contributed by atoms with Crippen molar-refractivity contribution < 1.29 is 4.79 Å². The molecule has 0 unspecified atom stereocenters. The van der Waals surface area contributed by atoms with Gasteiger partial charge in [0.25, 0.3) is 0 Å². The van der Waals surface area contributed by atoms with Crippen molar-refractivity contribution in [2.45, 2.75) is 0 Å². The van der Waals surface area contributed by atoms with E-state index in [2.05, 4.69) is 22.6 Å². The number of hydrogen-bond donors (Lipinski definition) is 1. The van der Waals surface area contributed by atoms with E-state index in [1.54, 1.807) is 24.3 Å². The molecule has 0 atom stereocenters.